The number of aromatic nitrogens is 2. The Kier molecular flexibility index (Phi) is 1.79. The fourth-order valence-electron chi connectivity index (χ4n) is 1.82. The maximum atomic E-state index is 5.94. The second kappa shape index (κ2) is 2.81. The first-order valence-corrected chi connectivity index (χ1v) is 4.66. The number of nitrogens with zero attached hydrogens (tertiary/aromatic N) is 2. The third kappa shape index (κ3) is 1.00. The summed E-state index contributed by atoms with van der Waals surface area (Å²) in [6.07, 6.45) is 4.56. The van der Waals surface area contributed by atoms with Crippen molar-refractivity contribution >= 4 is 5.82 Å². The van der Waals surface area contributed by atoms with Gasteiger partial charge in [-0.25, -0.2) is 4.98 Å². The zero-order valence-electron chi connectivity index (χ0n) is 7.51. The second-order valence-electron chi connectivity index (χ2n) is 3.32. The summed E-state index contributed by atoms with van der Waals surface area (Å²) in [4.78, 5) is 4.51. The summed E-state index contributed by atoms with van der Waals surface area (Å²) in [6.45, 7) is 3.17. The number of aryl methyl sites for hydroxylation is 2. The standard InChI is InChI=1S/C9H15N3/c1-2-7-9(10)12-6-4-3-5-8(12)11-7/h2-6,10H2,1H3. The van der Waals surface area contributed by atoms with Crippen LogP contribution in [0.2, 0.25) is 0 Å². The van der Waals surface area contributed by atoms with Crippen molar-refractivity contribution in [2.45, 2.75) is 39.2 Å². The lowest BCUT2D eigenvalue weighted by Crippen LogP contribution is -2.12. The average Bonchev–Trinajstić information content (AvgIpc) is 2.44. The molecule has 0 saturated carbocycles. The van der Waals surface area contributed by atoms with Crippen LogP contribution < -0.4 is 5.73 Å². The molecule has 0 fully saturated rings. The molecule has 0 bridgehead atoms. The quantitative estimate of drug-likeness (QED) is 0.683. The number of rotatable bonds is 1. The molecule has 3 heteroatoms. The van der Waals surface area contributed by atoms with Gasteiger partial charge in [-0.05, 0) is 19.3 Å². The maximum absolute atomic E-state index is 5.94. The molecule has 0 spiro atoms. The zero-order valence-corrected chi connectivity index (χ0v) is 7.51. The van der Waals surface area contributed by atoms with Crippen LogP contribution in [0.5, 0.6) is 0 Å². The fourth-order valence-corrected chi connectivity index (χ4v) is 1.82. The predicted molar refractivity (Wildman–Crippen MR) is 49.0 cm³/mol. The predicted octanol–water partition coefficient (Wildman–Crippen LogP) is 1.36. The van der Waals surface area contributed by atoms with Crippen LogP contribution in [0.15, 0.2) is 0 Å². The van der Waals surface area contributed by atoms with E-state index in [9.17, 15) is 0 Å². The Morgan fingerprint density at radius 2 is 2.33 bits per heavy atom. The van der Waals surface area contributed by atoms with E-state index in [1.807, 2.05) is 0 Å². The Balaban J connectivity index is 2.44. The summed E-state index contributed by atoms with van der Waals surface area (Å²) in [7, 11) is 0. The molecule has 0 aromatic carbocycles. The summed E-state index contributed by atoms with van der Waals surface area (Å²) in [5.74, 6) is 2.09. The fraction of sp³-hybridized carbons (Fsp3) is 0.667. The largest absolute Gasteiger partial charge is 0.384 e. The summed E-state index contributed by atoms with van der Waals surface area (Å²) < 4.78 is 2.17. The number of nitrogens with two attached hydrogens (primary N) is 1. The van der Waals surface area contributed by atoms with Gasteiger partial charge >= 0.3 is 0 Å². The van der Waals surface area contributed by atoms with E-state index in [1.165, 1.54) is 18.7 Å². The molecule has 1 aliphatic rings. The van der Waals surface area contributed by atoms with Crippen molar-refractivity contribution in [1.29, 1.82) is 0 Å². The summed E-state index contributed by atoms with van der Waals surface area (Å²) in [5, 5.41) is 0. The Bertz CT molecular complexity index is 288. The first-order valence-electron chi connectivity index (χ1n) is 4.66. The second-order valence-corrected chi connectivity index (χ2v) is 3.32. The number of fused-ring (bicyclic) bond motifs is 1. The molecule has 1 aromatic rings. The smallest absolute Gasteiger partial charge is 0.126 e. The van der Waals surface area contributed by atoms with E-state index in [1.54, 1.807) is 0 Å². The van der Waals surface area contributed by atoms with Gasteiger partial charge in [0.2, 0.25) is 0 Å². The number of hydrogen-bond acceptors (Lipinski definition) is 2. The zero-order chi connectivity index (χ0) is 8.55. The Hall–Kier alpha value is -0.990. The third-order valence-electron chi connectivity index (χ3n) is 2.53. The van der Waals surface area contributed by atoms with E-state index in [0.717, 1.165) is 30.9 Å². The lowest BCUT2D eigenvalue weighted by molar-refractivity contribution is 0.527. The lowest BCUT2D eigenvalue weighted by atomic mass is 10.2. The van der Waals surface area contributed by atoms with Crippen molar-refractivity contribution in [1.82, 2.24) is 9.55 Å². The van der Waals surface area contributed by atoms with Gasteiger partial charge in [-0.3, -0.25) is 0 Å². The van der Waals surface area contributed by atoms with Gasteiger partial charge in [0.15, 0.2) is 0 Å². The van der Waals surface area contributed by atoms with Crippen LogP contribution in [0.4, 0.5) is 5.82 Å². The highest BCUT2D eigenvalue weighted by Crippen LogP contribution is 2.21. The van der Waals surface area contributed by atoms with E-state index in [4.69, 9.17) is 5.73 Å². The van der Waals surface area contributed by atoms with E-state index < -0.39 is 0 Å². The number of anilines is 1. The van der Waals surface area contributed by atoms with E-state index in [-0.39, 0.29) is 0 Å². The van der Waals surface area contributed by atoms with Crippen molar-refractivity contribution in [2.75, 3.05) is 5.73 Å². The molecular formula is C9H15N3. The van der Waals surface area contributed by atoms with Gasteiger partial charge in [-0.1, -0.05) is 6.92 Å². The van der Waals surface area contributed by atoms with E-state index in [2.05, 4.69) is 16.5 Å². The highest BCUT2D eigenvalue weighted by atomic mass is 15.1. The van der Waals surface area contributed by atoms with E-state index >= 15 is 0 Å². The minimum Gasteiger partial charge on any atom is -0.384 e. The number of nitrogen functional groups attached to an aromatic ring is 1. The van der Waals surface area contributed by atoms with Crippen molar-refractivity contribution < 1.29 is 0 Å². The molecule has 2 rings (SSSR count). The lowest BCUT2D eigenvalue weighted by Gasteiger charge is -2.14. The molecule has 0 saturated heterocycles. The molecule has 1 aromatic heterocycles. The number of hydrogen-bond donors (Lipinski definition) is 1. The minimum atomic E-state index is 0.896. The van der Waals surface area contributed by atoms with Gasteiger partial charge in [0.25, 0.3) is 0 Å². The molecule has 2 heterocycles. The molecule has 0 unspecified atom stereocenters. The minimum absolute atomic E-state index is 0.896. The maximum Gasteiger partial charge on any atom is 0.126 e. The van der Waals surface area contributed by atoms with Crippen LogP contribution in [0.3, 0.4) is 0 Å². The van der Waals surface area contributed by atoms with Gasteiger partial charge < -0.3 is 10.3 Å². The Morgan fingerprint density at radius 3 is 3.00 bits per heavy atom. The Labute approximate surface area is 72.6 Å². The van der Waals surface area contributed by atoms with Crippen molar-refractivity contribution in [3.05, 3.63) is 11.5 Å². The van der Waals surface area contributed by atoms with Crippen molar-refractivity contribution in [3.8, 4) is 0 Å². The summed E-state index contributed by atoms with van der Waals surface area (Å²) in [5.41, 5.74) is 7.01. The van der Waals surface area contributed by atoms with Crippen LogP contribution in [0.1, 0.15) is 31.3 Å². The first kappa shape index (κ1) is 7.65. The van der Waals surface area contributed by atoms with Crippen LogP contribution in [-0.2, 0) is 19.4 Å². The average molecular weight is 165 g/mol. The summed E-state index contributed by atoms with van der Waals surface area (Å²) >= 11 is 0. The van der Waals surface area contributed by atoms with Crippen molar-refractivity contribution in [2.24, 2.45) is 0 Å². The first-order chi connectivity index (χ1) is 5.83. The topological polar surface area (TPSA) is 43.8 Å². The van der Waals surface area contributed by atoms with Gasteiger partial charge in [-0.2, -0.15) is 0 Å². The van der Waals surface area contributed by atoms with Crippen LogP contribution in [-0.4, -0.2) is 9.55 Å². The third-order valence-corrected chi connectivity index (χ3v) is 2.53. The molecular weight excluding hydrogens is 150 g/mol. The molecule has 0 aliphatic carbocycles. The van der Waals surface area contributed by atoms with Crippen molar-refractivity contribution in [3.63, 3.8) is 0 Å². The molecule has 0 radical (unpaired) electrons. The normalized spacial score (nSPS) is 16.1. The molecule has 12 heavy (non-hydrogen) atoms. The Morgan fingerprint density at radius 1 is 1.50 bits per heavy atom. The van der Waals surface area contributed by atoms with Crippen LogP contribution in [0, 0.1) is 0 Å². The molecule has 2 N–H and O–H groups in total. The molecule has 0 atom stereocenters. The highest BCUT2D eigenvalue weighted by Gasteiger charge is 2.15. The monoisotopic (exact) mass is 165 g/mol. The highest BCUT2D eigenvalue weighted by molar-refractivity contribution is 5.38. The molecule has 3 nitrogen and oxygen atoms in total. The summed E-state index contributed by atoms with van der Waals surface area (Å²) in [6, 6.07) is 0. The van der Waals surface area contributed by atoms with Gasteiger partial charge in [0, 0.05) is 13.0 Å². The molecule has 1 aliphatic heterocycles. The van der Waals surface area contributed by atoms with Gasteiger partial charge in [-0.15, -0.1) is 0 Å². The van der Waals surface area contributed by atoms with E-state index in [0.29, 0.717) is 0 Å². The van der Waals surface area contributed by atoms with Crippen LogP contribution >= 0.6 is 0 Å². The van der Waals surface area contributed by atoms with Gasteiger partial charge in [0.05, 0.1) is 5.69 Å². The molecule has 66 valence electrons. The van der Waals surface area contributed by atoms with Crippen LogP contribution in [0.25, 0.3) is 0 Å². The van der Waals surface area contributed by atoms with Gasteiger partial charge in [0.1, 0.15) is 11.6 Å². The SMILES string of the molecule is CCc1nc2n(c1N)CCCC2. The molecule has 0 amide bonds. The number of imidazole rings is 1.